The maximum absolute atomic E-state index is 12.7. The molecule has 0 heterocycles. The summed E-state index contributed by atoms with van der Waals surface area (Å²) in [7, 11) is -3.49. The number of hydrogen-bond donors (Lipinski definition) is 3. The topological polar surface area (TPSA) is 105 Å². The number of amides is 1. The molecule has 0 aliphatic carbocycles. The molecule has 166 valence electrons. The standard InChI is InChI=1S/C21H36N2O5S/c1-6-9-18(10-7-2)29(26,27)23-17-12-8-11-16(15-17)19(24)13-14-22-20(25)28-21(3,4)5/h8,11-12,15,18-19,23-24H,6-7,9-10,13-14H2,1-5H3,(H,22,25). The zero-order valence-electron chi connectivity index (χ0n) is 18.2. The fourth-order valence-electron chi connectivity index (χ4n) is 2.95. The van der Waals surface area contributed by atoms with Crippen molar-refractivity contribution in [3.8, 4) is 0 Å². The van der Waals surface area contributed by atoms with Crippen molar-refractivity contribution in [1.29, 1.82) is 0 Å². The number of anilines is 1. The van der Waals surface area contributed by atoms with Crippen molar-refractivity contribution >= 4 is 21.8 Å². The van der Waals surface area contributed by atoms with Crippen LogP contribution < -0.4 is 10.0 Å². The van der Waals surface area contributed by atoms with Crippen LogP contribution in [0.1, 0.15) is 78.4 Å². The van der Waals surface area contributed by atoms with Gasteiger partial charge in [-0.3, -0.25) is 4.72 Å². The first-order valence-corrected chi connectivity index (χ1v) is 11.8. The molecule has 3 N–H and O–H groups in total. The van der Waals surface area contributed by atoms with Crippen LogP contribution in [-0.4, -0.2) is 37.0 Å². The summed E-state index contributed by atoms with van der Waals surface area (Å²) in [6.45, 7) is 9.51. The summed E-state index contributed by atoms with van der Waals surface area (Å²) < 4.78 is 33.2. The second-order valence-corrected chi connectivity index (χ2v) is 10.2. The van der Waals surface area contributed by atoms with Crippen molar-refractivity contribution < 1.29 is 23.1 Å². The van der Waals surface area contributed by atoms with Gasteiger partial charge in [0.1, 0.15) is 5.60 Å². The second-order valence-electron chi connectivity index (χ2n) is 8.21. The zero-order valence-corrected chi connectivity index (χ0v) is 19.0. The van der Waals surface area contributed by atoms with E-state index in [1.807, 2.05) is 13.8 Å². The number of hydrogen-bond acceptors (Lipinski definition) is 5. The van der Waals surface area contributed by atoms with Crippen LogP contribution in [0.2, 0.25) is 0 Å². The molecule has 0 aliphatic heterocycles. The van der Waals surface area contributed by atoms with Gasteiger partial charge in [-0.2, -0.15) is 0 Å². The van der Waals surface area contributed by atoms with E-state index in [2.05, 4.69) is 10.0 Å². The molecule has 1 atom stereocenters. The number of aliphatic hydroxyl groups is 1. The van der Waals surface area contributed by atoms with Crippen molar-refractivity contribution in [2.75, 3.05) is 11.3 Å². The highest BCUT2D eigenvalue weighted by atomic mass is 32.2. The number of ether oxygens (including phenoxy) is 1. The van der Waals surface area contributed by atoms with E-state index in [0.717, 1.165) is 12.8 Å². The maximum atomic E-state index is 12.7. The molecule has 29 heavy (non-hydrogen) atoms. The Morgan fingerprint density at radius 2 is 1.76 bits per heavy atom. The Hall–Kier alpha value is -1.80. The van der Waals surface area contributed by atoms with Crippen LogP contribution in [0, 0.1) is 0 Å². The van der Waals surface area contributed by atoms with Crippen LogP contribution in [0.4, 0.5) is 10.5 Å². The van der Waals surface area contributed by atoms with E-state index < -0.39 is 33.1 Å². The number of sulfonamides is 1. The largest absolute Gasteiger partial charge is 0.444 e. The lowest BCUT2D eigenvalue weighted by Crippen LogP contribution is -2.33. The predicted octanol–water partition coefficient (Wildman–Crippen LogP) is 4.35. The third-order valence-corrected chi connectivity index (χ3v) is 6.15. The molecule has 0 aromatic heterocycles. The Morgan fingerprint density at radius 1 is 1.14 bits per heavy atom. The molecule has 0 bridgehead atoms. The summed E-state index contributed by atoms with van der Waals surface area (Å²) in [5, 5.41) is 12.6. The molecular formula is C21H36N2O5S. The zero-order chi connectivity index (χ0) is 22.1. The normalized spacial score (nSPS) is 13.2. The van der Waals surface area contributed by atoms with Crippen LogP contribution in [0.3, 0.4) is 0 Å². The average Bonchev–Trinajstić information content (AvgIpc) is 2.59. The highest BCUT2D eigenvalue weighted by Crippen LogP contribution is 2.23. The lowest BCUT2D eigenvalue weighted by molar-refractivity contribution is 0.0518. The van der Waals surface area contributed by atoms with Crippen LogP contribution in [0.25, 0.3) is 0 Å². The summed E-state index contributed by atoms with van der Waals surface area (Å²) in [6, 6.07) is 6.73. The van der Waals surface area contributed by atoms with Gasteiger partial charge in [-0.25, -0.2) is 13.2 Å². The molecule has 0 saturated heterocycles. The van der Waals surface area contributed by atoms with Gasteiger partial charge in [0.15, 0.2) is 0 Å². The number of carbonyl (C=O) groups is 1. The minimum atomic E-state index is -3.49. The lowest BCUT2D eigenvalue weighted by atomic mass is 10.1. The van der Waals surface area contributed by atoms with Gasteiger partial charge in [0.25, 0.3) is 0 Å². The van der Waals surface area contributed by atoms with Crippen molar-refractivity contribution in [3.63, 3.8) is 0 Å². The minimum Gasteiger partial charge on any atom is -0.444 e. The number of alkyl carbamates (subject to hydrolysis) is 1. The molecule has 8 heteroatoms. The van der Waals surface area contributed by atoms with Crippen molar-refractivity contribution in [2.24, 2.45) is 0 Å². The van der Waals surface area contributed by atoms with E-state index in [0.29, 0.717) is 24.1 Å². The third kappa shape index (κ3) is 9.49. The summed E-state index contributed by atoms with van der Waals surface area (Å²) >= 11 is 0. The van der Waals surface area contributed by atoms with E-state index in [1.165, 1.54) is 0 Å². The van der Waals surface area contributed by atoms with Gasteiger partial charge in [-0.15, -0.1) is 0 Å². The fourth-order valence-corrected chi connectivity index (χ4v) is 4.66. The number of rotatable bonds is 11. The van der Waals surface area contributed by atoms with Gasteiger partial charge >= 0.3 is 6.09 Å². The summed E-state index contributed by atoms with van der Waals surface area (Å²) in [4.78, 5) is 11.7. The SMILES string of the molecule is CCCC(CCC)S(=O)(=O)Nc1cccc(C(O)CCNC(=O)OC(C)(C)C)c1. The van der Waals surface area contributed by atoms with Gasteiger partial charge in [-0.1, -0.05) is 38.8 Å². The first kappa shape index (κ1) is 25.2. The highest BCUT2D eigenvalue weighted by molar-refractivity contribution is 7.93. The lowest BCUT2D eigenvalue weighted by Gasteiger charge is -2.20. The summed E-state index contributed by atoms with van der Waals surface area (Å²) in [6.07, 6.45) is 1.73. The Labute approximate surface area is 175 Å². The molecule has 0 radical (unpaired) electrons. The second kappa shape index (κ2) is 11.4. The fraction of sp³-hybridized carbons (Fsp3) is 0.667. The van der Waals surface area contributed by atoms with Crippen molar-refractivity contribution in [1.82, 2.24) is 5.32 Å². The molecular weight excluding hydrogens is 392 g/mol. The van der Waals surface area contributed by atoms with E-state index in [4.69, 9.17) is 4.74 Å². The number of carbonyl (C=O) groups excluding carboxylic acids is 1. The molecule has 0 fully saturated rings. The Balaban J connectivity index is 2.70. The quantitative estimate of drug-likeness (QED) is 0.486. The third-order valence-electron chi connectivity index (χ3n) is 4.28. The minimum absolute atomic E-state index is 0.237. The monoisotopic (exact) mass is 428 g/mol. The predicted molar refractivity (Wildman–Crippen MR) is 116 cm³/mol. The molecule has 0 aliphatic rings. The Bertz CT molecular complexity index is 738. The maximum Gasteiger partial charge on any atom is 0.407 e. The van der Waals surface area contributed by atoms with Gasteiger partial charge in [0, 0.05) is 12.2 Å². The van der Waals surface area contributed by atoms with Crippen LogP contribution in [-0.2, 0) is 14.8 Å². The molecule has 1 rings (SSSR count). The molecule has 1 amide bonds. The molecule has 0 spiro atoms. The molecule has 1 aromatic carbocycles. The molecule has 0 saturated carbocycles. The van der Waals surface area contributed by atoms with E-state index in [1.54, 1.807) is 45.0 Å². The van der Waals surface area contributed by atoms with Crippen LogP contribution >= 0.6 is 0 Å². The van der Waals surface area contributed by atoms with Gasteiger partial charge < -0.3 is 15.2 Å². The summed E-state index contributed by atoms with van der Waals surface area (Å²) in [5.74, 6) is 0. The number of aliphatic hydroxyl groups excluding tert-OH is 1. The first-order valence-electron chi connectivity index (χ1n) is 10.2. The van der Waals surface area contributed by atoms with Gasteiger partial charge in [0.05, 0.1) is 11.4 Å². The van der Waals surface area contributed by atoms with E-state index in [9.17, 15) is 18.3 Å². The molecule has 7 nitrogen and oxygen atoms in total. The smallest absolute Gasteiger partial charge is 0.407 e. The van der Waals surface area contributed by atoms with Crippen LogP contribution in [0.15, 0.2) is 24.3 Å². The Kier molecular flexibility index (Phi) is 9.92. The highest BCUT2D eigenvalue weighted by Gasteiger charge is 2.24. The number of nitrogens with one attached hydrogen (secondary N) is 2. The van der Waals surface area contributed by atoms with Gasteiger partial charge in [-0.05, 0) is 57.7 Å². The average molecular weight is 429 g/mol. The first-order chi connectivity index (χ1) is 13.5. The molecule has 1 unspecified atom stereocenters. The van der Waals surface area contributed by atoms with E-state index >= 15 is 0 Å². The van der Waals surface area contributed by atoms with E-state index in [-0.39, 0.29) is 13.0 Å². The number of benzene rings is 1. The summed E-state index contributed by atoms with van der Waals surface area (Å²) in [5.41, 5.74) is 0.430. The van der Waals surface area contributed by atoms with Crippen molar-refractivity contribution in [3.05, 3.63) is 29.8 Å². The van der Waals surface area contributed by atoms with Gasteiger partial charge in [0.2, 0.25) is 10.0 Å². The van der Waals surface area contributed by atoms with Crippen molar-refractivity contribution in [2.45, 2.75) is 83.7 Å². The Morgan fingerprint density at radius 3 is 2.31 bits per heavy atom. The molecule has 1 aromatic rings. The van der Waals surface area contributed by atoms with Crippen LogP contribution in [0.5, 0.6) is 0 Å².